The lowest BCUT2D eigenvalue weighted by atomic mass is 10.1. The van der Waals surface area contributed by atoms with E-state index in [9.17, 15) is 13.5 Å². The average molecular weight is 549 g/mol. The third kappa shape index (κ3) is 5.88. The fraction of sp³-hybridized carbons (Fsp3) is 0.560. The van der Waals surface area contributed by atoms with Crippen LogP contribution in [0.1, 0.15) is 38.8 Å². The van der Waals surface area contributed by atoms with E-state index in [-0.39, 0.29) is 11.5 Å². The number of aliphatic hydroxyl groups is 1. The summed E-state index contributed by atoms with van der Waals surface area (Å²) in [7, 11) is -1.89. The van der Waals surface area contributed by atoms with Gasteiger partial charge in [-0.1, -0.05) is 38.9 Å². The summed E-state index contributed by atoms with van der Waals surface area (Å²) in [6, 6.07) is 4.94. The van der Waals surface area contributed by atoms with Crippen molar-refractivity contribution in [3.63, 3.8) is 0 Å². The zero-order chi connectivity index (χ0) is 26.6. The topological polar surface area (TPSA) is 117 Å². The largest absolute Gasteiger partial charge is 0.493 e. The van der Waals surface area contributed by atoms with Crippen molar-refractivity contribution in [2.24, 2.45) is 7.05 Å². The number of aryl methyl sites for hydroxylation is 2. The number of ether oxygens (including phenoxy) is 1. The Hall–Kier alpha value is -2.38. The summed E-state index contributed by atoms with van der Waals surface area (Å²) in [6.45, 7) is 7.20. The molecule has 3 heterocycles. The number of sulfonamides is 1. The van der Waals surface area contributed by atoms with Crippen molar-refractivity contribution in [2.45, 2.75) is 44.4 Å². The molecule has 0 bridgehead atoms. The molecule has 3 aromatic rings. The highest BCUT2D eigenvalue weighted by Gasteiger charge is 2.29. The third-order valence-electron chi connectivity index (χ3n) is 6.61. The number of benzene rings is 1. The zero-order valence-electron chi connectivity index (χ0n) is 21.7. The summed E-state index contributed by atoms with van der Waals surface area (Å²) in [5.41, 5.74) is 3.01. The number of aromatic amines is 1. The molecule has 1 aliphatic rings. The molecule has 0 unspecified atom stereocenters. The molecule has 0 radical (unpaired) electrons. The molecule has 0 atom stereocenters. The molecular formula is C25H36N6O4S2. The molecule has 0 aliphatic carbocycles. The van der Waals surface area contributed by atoms with Crippen molar-refractivity contribution in [1.82, 2.24) is 29.0 Å². The number of aromatic nitrogens is 4. The van der Waals surface area contributed by atoms with Crippen molar-refractivity contribution >= 4 is 33.3 Å². The van der Waals surface area contributed by atoms with E-state index < -0.39 is 10.0 Å². The van der Waals surface area contributed by atoms with Crippen molar-refractivity contribution in [2.75, 3.05) is 45.9 Å². The van der Waals surface area contributed by atoms with E-state index in [4.69, 9.17) is 17.0 Å². The molecule has 0 amide bonds. The predicted octanol–water partition coefficient (Wildman–Crippen LogP) is 3.12. The number of fused-ring (bicyclic) bond motifs is 1. The minimum Gasteiger partial charge on any atom is -0.493 e. The Morgan fingerprint density at radius 3 is 2.59 bits per heavy atom. The van der Waals surface area contributed by atoms with Crippen LogP contribution < -0.4 is 4.74 Å². The molecule has 1 aromatic carbocycles. The Morgan fingerprint density at radius 1 is 1.16 bits per heavy atom. The van der Waals surface area contributed by atoms with Gasteiger partial charge in [-0.2, -0.15) is 9.40 Å². The number of rotatable bonds is 11. The van der Waals surface area contributed by atoms with Crippen molar-refractivity contribution in [3.05, 3.63) is 28.5 Å². The molecule has 1 aliphatic heterocycles. The average Bonchev–Trinajstić information content (AvgIpc) is 3.20. The Kier molecular flexibility index (Phi) is 8.96. The van der Waals surface area contributed by atoms with Gasteiger partial charge in [0.25, 0.3) is 0 Å². The van der Waals surface area contributed by atoms with Crippen molar-refractivity contribution < 1.29 is 18.3 Å². The second-order valence-electron chi connectivity index (χ2n) is 9.26. The van der Waals surface area contributed by atoms with Crippen molar-refractivity contribution in [3.8, 4) is 17.1 Å². The molecule has 1 saturated heterocycles. The number of piperazine rings is 1. The number of β-amino-alcohol motifs (C(OH)–C–C–N with tert-alkyl or cyclic N) is 1. The van der Waals surface area contributed by atoms with Gasteiger partial charge in [0.1, 0.15) is 17.1 Å². The maximum Gasteiger partial charge on any atom is 0.243 e. The first-order valence-corrected chi connectivity index (χ1v) is 14.7. The number of H-pyrrole nitrogens is 1. The minimum absolute atomic E-state index is 0.0607. The summed E-state index contributed by atoms with van der Waals surface area (Å²) in [6.07, 6.45) is 3.56. The minimum atomic E-state index is -3.73. The Balaban J connectivity index is 1.77. The van der Waals surface area contributed by atoms with Crippen LogP contribution in [0.5, 0.6) is 5.75 Å². The van der Waals surface area contributed by atoms with Gasteiger partial charge in [0, 0.05) is 39.8 Å². The highest BCUT2D eigenvalue weighted by Crippen LogP contribution is 2.33. The van der Waals surface area contributed by atoms with E-state index in [1.807, 2.05) is 7.05 Å². The fourth-order valence-electron chi connectivity index (χ4n) is 4.59. The van der Waals surface area contributed by atoms with Gasteiger partial charge in [-0.25, -0.2) is 13.4 Å². The number of unbranched alkanes of at least 4 members (excludes halogenated alkanes) is 1. The summed E-state index contributed by atoms with van der Waals surface area (Å²) in [4.78, 5) is 10.3. The van der Waals surface area contributed by atoms with Gasteiger partial charge in [0.2, 0.25) is 10.0 Å². The maximum absolute atomic E-state index is 13.6. The van der Waals surface area contributed by atoms with Crippen LogP contribution in [0.25, 0.3) is 22.4 Å². The van der Waals surface area contributed by atoms with Gasteiger partial charge in [0.05, 0.1) is 34.9 Å². The normalized spacial score (nSPS) is 15.5. The molecule has 12 heteroatoms. The molecular weight excluding hydrogens is 512 g/mol. The molecule has 0 spiro atoms. The Labute approximate surface area is 223 Å². The Morgan fingerprint density at radius 2 is 1.92 bits per heavy atom. The van der Waals surface area contributed by atoms with Crippen LogP contribution in [0.2, 0.25) is 0 Å². The van der Waals surface area contributed by atoms with Gasteiger partial charge in [-0.05, 0) is 31.0 Å². The van der Waals surface area contributed by atoms with Gasteiger partial charge in [0.15, 0.2) is 4.64 Å². The number of hydrogen-bond acceptors (Lipinski definition) is 8. The van der Waals surface area contributed by atoms with E-state index in [0.717, 1.165) is 42.4 Å². The molecule has 37 heavy (non-hydrogen) atoms. The van der Waals surface area contributed by atoms with E-state index in [1.54, 1.807) is 22.9 Å². The van der Waals surface area contributed by atoms with Gasteiger partial charge in [-0.15, -0.1) is 0 Å². The molecule has 1 fully saturated rings. The summed E-state index contributed by atoms with van der Waals surface area (Å²) in [5.74, 6) is 1.01. The first-order valence-electron chi connectivity index (χ1n) is 12.9. The molecule has 2 N–H and O–H groups in total. The van der Waals surface area contributed by atoms with E-state index in [0.29, 0.717) is 61.1 Å². The number of nitrogens with one attached hydrogen (secondary N) is 1. The van der Waals surface area contributed by atoms with Crippen LogP contribution in [0.4, 0.5) is 0 Å². The first-order chi connectivity index (χ1) is 17.8. The number of aliphatic hydroxyl groups excluding tert-OH is 1. The van der Waals surface area contributed by atoms with E-state index in [2.05, 4.69) is 33.8 Å². The second-order valence-corrected chi connectivity index (χ2v) is 11.6. The third-order valence-corrected chi connectivity index (χ3v) is 8.79. The monoisotopic (exact) mass is 548 g/mol. The molecule has 10 nitrogen and oxygen atoms in total. The lowest BCUT2D eigenvalue weighted by Crippen LogP contribution is -2.49. The van der Waals surface area contributed by atoms with Gasteiger partial charge < -0.3 is 14.8 Å². The summed E-state index contributed by atoms with van der Waals surface area (Å²) < 4.78 is 36.9. The van der Waals surface area contributed by atoms with E-state index >= 15 is 0 Å². The SMILES string of the molecule is CCCCOc1ccc(S(=O)(=O)N2CCN(CCO)CC2)cc1-c1nc(=S)c2c([nH]1)c(CCC)nn2C. The molecule has 202 valence electrons. The number of hydrogen-bond donors (Lipinski definition) is 2. The predicted molar refractivity (Wildman–Crippen MR) is 146 cm³/mol. The molecule has 0 saturated carbocycles. The second kappa shape index (κ2) is 12.0. The lowest BCUT2D eigenvalue weighted by molar-refractivity contribution is 0.151. The maximum atomic E-state index is 13.6. The van der Waals surface area contributed by atoms with Crippen LogP contribution in [0, 0.1) is 4.64 Å². The van der Waals surface area contributed by atoms with Crippen LogP contribution in [-0.2, 0) is 23.5 Å². The van der Waals surface area contributed by atoms with Crippen LogP contribution >= 0.6 is 12.2 Å². The highest BCUT2D eigenvalue weighted by molar-refractivity contribution is 7.89. The van der Waals surface area contributed by atoms with Crippen LogP contribution in [0.3, 0.4) is 0 Å². The van der Waals surface area contributed by atoms with Gasteiger partial charge >= 0.3 is 0 Å². The standard InChI is InChI=1S/C25H36N6O4S2/c1-4-6-16-35-21-9-8-18(37(33,34)31-12-10-30(11-13-31)14-15-32)17-19(21)24-26-22-20(7-5-2)28-29(3)23(22)25(36)27-24/h8-9,17,32H,4-7,10-16H2,1-3H3,(H,26,27,36). The lowest BCUT2D eigenvalue weighted by Gasteiger charge is -2.33. The van der Waals surface area contributed by atoms with Gasteiger partial charge in [-0.3, -0.25) is 9.58 Å². The first kappa shape index (κ1) is 27.6. The zero-order valence-corrected chi connectivity index (χ0v) is 23.4. The Bertz CT molecular complexity index is 1390. The smallest absolute Gasteiger partial charge is 0.243 e. The quantitative estimate of drug-likeness (QED) is 0.277. The highest BCUT2D eigenvalue weighted by atomic mass is 32.2. The molecule has 4 rings (SSSR count). The number of nitrogens with zero attached hydrogens (tertiary/aromatic N) is 5. The fourth-order valence-corrected chi connectivity index (χ4v) is 6.36. The molecule has 2 aromatic heterocycles. The van der Waals surface area contributed by atoms with Crippen LogP contribution in [-0.4, -0.2) is 88.4 Å². The summed E-state index contributed by atoms with van der Waals surface area (Å²) >= 11 is 5.64. The summed E-state index contributed by atoms with van der Waals surface area (Å²) in [5, 5.41) is 13.8. The van der Waals surface area contributed by atoms with Crippen LogP contribution in [0.15, 0.2) is 23.1 Å². The van der Waals surface area contributed by atoms with E-state index in [1.165, 1.54) is 4.31 Å². The van der Waals surface area contributed by atoms with Crippen molar-refractivity contribution in [1.29, 1.82) is 0 Å².